The largest absolute Gasteiger partial charge is 0.284 e. The molecule has 4 rings (SSSR count). The molecule has 2 heterocycles. The van der Waals surface area contributed by atoms with Crippen molar-refractivity contribution in [3.05, 3.63) is 70.3 Å². The van der Waals surface area contributed by atoms with Crippen molar-refractivity contribution in [2.75, 3.05) is 11.9 Å². The molecule has 0 aliphatic carbocycles. The second-order valence-electron chi connectivity index (χ2n) is 6.24. The predicted molar refractivity (Wildman–Crippen MR) is 90.9 cm³/mol. The first-order chi connectivity index (χ1) is 12.5. The van der Waals surface area contributed by atoms with E-state index in [-0.39, 0.29) is 11.6 Å². The highest BCUT2D eigenvalue weighted by molar-refractivity contribution is 6.23. The molecule has 8 nitrogen and oxygen atoms in total. The Balaban J connectivity index is 1.69. The lowest BCUT2D eigenvalue weighted by Crippen LogP contribution is -2.36. The van der Waals surface area contributed by atoms with E-state index < -0.39 is 28.9 Å². The summed E-state index contributed by atoms with van der Waals surface area (Å²) in [6, 6.07) is 14.2. The van der Waals surface area contributed by atoms with E-state index in [1.54, 1.807) is 49.5 Å². The van der Waals surface area contributed by atoms with E-state index in [1.165, 1.54) is 17.2 Å². The lowest BCUT2D eigenvalue weighted by atomic mass is 9.91. The van der Waals surface area contributed by atoms with Gasteiger partial charge in [0.05, 0.1) is 22.6 Å². The van der Waals surface area contributed by atoms with Gasteiger partial charge in [-0.25, -0.2) is 4.90 Å². The molecule has 2 aliphatic rings. The van der Waals surface area contributed by atoms with E-state index in [9.17, 15) is 19.7 Å². The number of anilines is 1. The smallest absolute Gasteiger partial charge is 0.269 e. The molecule has 0 N–H and O–H groups in total. The van der Waals surface area contributed by atoms with Crippen LogP contribution in [0, 0.1) is 16.0 Å². The first-order valence-electron chi connectivity index (χ1n) is 8.06. The van der Waals surface area contributed by atoms with Gasteiger partial charge in [0.15, 0.2) is 6.10 Å². The maximum absolute atomic E-state index is 13.0. The molecule has 2 saturated heterocycles. The Kier molecular flexibility index (Phi) is 3.78. The van der Waals surface area contributed by atoms with Crippen LogP contribution in [0.25, 0.3) is 0 Å². The Bertz CT molecular complexity index is 883. The van der Waals surface area contributed by atoms with E-state index in [0.717, 1.165) is 4.90 Å². The molecule has 0 saturated carbocycles. The number of amides is 2. The number of carbonyl (C=O) groups is 2. The molecule has 2 amide bonds. The van der Waals surface area contributed by atoms with Gasteiger partial charge in [0.25, 0.3) is 11.6 Å². The number of benzene rings is 2. The molecule has 2 fully saturated rings. The van der Waals surface area contributed by atoms with Gasteiger partial charge in [-0.2, -0.15) is 5.06 Å². The minimum Gasteiger partial charge on any atom is -0.284 e. The average Bonchev–Trinajstić information content (AvgIpc) is 3.10. The number of hydroxylamine groups is 2. The molecule has 3 atom stereocenters. The van der Waals surface area contributed by atoms with Crippen LogP contribution >= 0.6 is 0 Å². The molecule has 0 spiro atoms. The van der Waals surface area contributed by atoms with Crippen LogP contribution in [0.3, 0.4) is 0 Å². The summed E-state index contributed by atoms with van der Waals surface area (Å²) in [5, 5.41) is 12.3. The summed E-state index contributed by atoms with van der Waals surface area (Å²) < 4.78 is 0. The van der Waals surface area contributed by atoms with Crippen LogP contribution in [0.1, 0.15) is 11.6 Å². The van der Waals surface area contributed by atoms with Crippen LogP contribution in [-0.4, -0.2) is 35.0 Å². The third kappa shape index (κ3) is 2.39. The minimum atomic E-state index is -0.895. The highest BCUT2D eigenvalue weighted by Gasteiger charge is 2.59. The summed E-state index contributed by atoms with van der Waals surface area (Å²) in [5.74, 6) is -1.43. The van der Waals surface area contributed by atoms with E-state index in [0.29, 0.717) is 11.3 Å². The lowest BCUT2D eigenvalue weighted by molar-refractivity contribution is -0.384. The van der Waals surface area contributed by atoms with Crippen molar-refractivity contribution in [1.82, 2.24) is 5.06 Å². The highest BCUT2D eigenvalue weighted by Crippen LogP contribution is 2.44. The molecule has 0 unspecified atom stereocenters. The van der Waals surface area contributed by atoms with Crippen molar-refractivity contribution in [2.45, 2.75) is 12.1 Å². The number of nitro benzene ring substituents is 1. The summed E-state index contributed by atoms with van der Waals surface area (Å²) in [5.41, 5.74) is 1.15. The maximum atomic E-state index is 13.0. The zero-order chi connectivity index (χ0) is 18.4. The van der Waals surface area contributed by atoms with Crippen LogP contribution in [0.5, 0.6) is 0 Å². The molecule has 2 aromatic carbocycles. The molecule has 132 valence electrons. The van der Waals surface area contributed by atoms with Crippen LogP contribution in [0.2, 0.25) is 0 Å². The van der Waals surface area contributed by atoms with E-state index in [4.69, 9.17) is 4.84 Å². The molecular weight excluding hydrogens is 338 g/mol. The third-order valence-electron chi connectivity index (χ3n) is 4.77. The van der Waals surface area contributed by atoms with Crippen molar-refractivity contribution >= 4 is 23.2 Å². The molecule has 0 bridgehead atoms. The number of nitro groups is 1. The van der Waals surface area contributed by atoms with Gasteiger partial charge in [-0.3, -0.25) is 24.5 Å². The Labute approximate surface area is 148 Å². The second kappa shape index (κ2) is 6.01. The predicted octanol–water partition coefficient (Wildman–Crippen LogP) is 2.07. The fourth-order valence-corrected chi connectivity index (χ4v) is 3.59. The molecule has 0 radical (unpaired) electrons. The molecule has 26 heavy (non-hydrogen) atoms. The van der Waals surface area contributed by atoms with Crippen LogP contribution in [0.15, 0.2) is 54.6 Å². The Morgan fingerprint density at radius 1 is 1.00 bits per heavy atom. The van der Waals surface area contributed by atoms with Gasteiger partial charge in [-0.05, 0) is 17.7 Å². The summed E-state index contributed by atoms with van der Waals surface area (Å²) >= 11 is 0. The van der Waals surface area contributed by atoms with Crippen molar-refractivity contribution in [3.8, 4) is 0 Å². The fraction of sp³-hybridized carbons (Fsp3) is 0.222. The van der Waals surface area contributed by atoms with Crippen molar-refractivity contribution in [2.24, 2.45) is 5.92 Å². The zero-order valence-electron chi connectivity index (χ0n) is 13.8. The van der Waals surface area contributed by atoms with Crippen molar-refractivity contribution in [1.29, 1.82) is 0 Å². The van der Waals surface area contributed by atoms with Crippen LogP contribution in [-0.2, 0) is 14.4 Å². The lowest BCUT2D eigenvalue weighted by Gasteiger charge is -2.24. The van der Waals surface area contributed by atoms with Gasteiger partial charge >= 0.3 is 0 Å². The topological polar surface area (TPSA) is 93.0 Å². The molecule has 2 aromatic rings. The number of non-ortho nitro benzene ring substituents is 1. The van der Waals surface area contributed by atoms with E-state index in [2.05, 4.69) is 0 Å². The fourth-order valence-electron chi connectivity index (χ4n) is 3.59. The first kappa shape index (κ1) is 16.4. The summed E-state index contributed by atoms with van der Waals surface area (Å²) in [7, 11) is 1.65. The number of rotatable bonds is 3. The minimum absolute atomic E-state index is 0.0356. The van der Waals surface area contributed by atoms with Crippen LogP contribution < -0.4 is 4.90 Å². The average molecular weight is 353 g/mol. The number of hydrogen-bond acceptors (Lipinski definition) is 6. The SMILES string of the molecule is CN1O[C@H]2C(=O)N(c3ccccc3)C(=O)[C@H]2[C@H]1c1ccc([N+](=O)[O-])cc1. The summed E-state index contributed by atoms with van der Waals surface area (Å²) in [6.45, 7) is 0. The van der Waals surface area contributed by atoms with Gasteiger partial charge in [-0.1, -0.05) is 30.3 Å². The molecule has 0 aromatic heterocycles. The molecule has 2 aliphatic heterocycles. The van der Waals surface area contributed by atoms with Gasteiger partial charge in [0.2, 0.25) is 5.91 Å². The Hall–Kier alpha value is -3.10. The number of nitrogens with zero attached hydrogens (tertiary/aromatic N) is 3. The Morgan fingerprint density at radius 3 is 2.27 bits per heavy atom. The van der Waals surface area contributed by atoms with E-state index in [1.807, 2.05) is 0 Å². The number of fused-ring (bicyclic) bond motifs is 1. The number of hydrogen-bond donors (Lipinski definition) is 0. The standard InChI is InChI=1S/C18H15N3O5/c1-19-15(11-7-9-13(10-8-11)21(24)25)14-16(26-19)18(23)20(17(14)22)12-5-3-2-4-6-12/h2-10,14-16H,1H3/t14-,15+,16+/m0/s1. The highest BCUT2D eigenvalue weighted by atomic mass is 16.7. The van der Waals surface area contributed by atoms with Gasteiger partial charge < -0.3 is 0 Å². The quantitative estimate of drug-likeness (QED) is 0.476. The van der Waals surface area contributed by atoms with Crippen molar-refractivity contribution < 1.29 is 19.3 Å². The maximum Gasteiger partial charge on any atom is 0.269 e. The zero-order valence-corrected chi connectivity index (χ0v) is 13.8. The monoisotopic (exact) mass is 353 g/mol. The van der Waals surface area contributed by atoms with E-state index >= 15 is 0 Å². The Morgan fingerprint density at radius 2 is 1.65 bits per heavy atom. The summed E-state index contributed by atoms with van der Waals surface area (Å²) in [6.07, 6.45) is -0.895. The van der Waals surface area contributed by atoms with Crippen LogP contribution in [0.4, 0.5) is 11.4 Å². The van der Waals surface area contributed by atoms with Gasteiger partial charge in [0, 0.05) is 19.2 Å². The molecular formula is C18H15N3O5. The molecule has 8 heteroatoms. The number of para-hydroxylation sites is 1. The summed E-state index contributed by atoms with van der Waals surface area (Å²) in [4.78, 5) is 42.9. The van der Waals surface area contributed by atoms with Crippen molar-refractivity contribution in [3.63, 3.8) is 0 Å². The van der Waals surface area contributed by atoms with Gasteiger partial charge in [-0.15, -0.1) is 0 Å². The number of carbonyl (C=O) groups excluding carboxylic acids is 2. The second-order valence-corrected chi connectivity index (χ2v) is 6.24. The first-order valence-corrected chi connectivity index (χ1v) is 8.06. The number of imide groups is 1. The third-order valence-corrected chi connectivity index (χ3v) is 4.77. The normalized spacial score (nSPS) is 25.6. The van der Waals surface area contributed by atoms with Gasteiger partial charge in [0.1, 0.15) is 0 Å².